The topological polar surface area (TPSA) is 84.1 Å². The number of carbonyl (C=O) groups excluding carboxylic acids is 1. The number of benzene rings is 2. The Kier molecular flexibility index (Phi) is 4.73. The highest BCUT2D eigenvalue weighted by Gasteiger charge is 2.29. The summed E-state index contributed by atoms with van der Waals surface area (Å²) in [5.41, 5.74) is 3.03. The van der Waals surface area contributed by atoms with E-state index in [4.69, 9.17) is 0 Å². The van der Waals surface area contributed by atoms with Crippen LogP contribution in [0, 0.1) is 11.6 Å². The maximum atomic E-state index is 13.9. The lowest BCUT2D eigenvalue weighted by Crippen LogP contribution is -2.28. The molecule has 0 fully saturated rings. The number of rotatable bonds is 4. The van der Waals surface area contributed by atoms with Gasteiger partial charge in [-0.2, -0.15) is 0 Å². The van der Waals surface area contributed by atoms with Crippen LogP contribution in [-0.2, 0) is 19.5 Å². The quantitative estimate of drug-likeness (QED) is 0.436. The van der Waals surface area contributed by atoms with Gasteiger partial charge in [-0.05, 0) is 48.0 Å². The fourth-order valence-electron chi connectivity index (χ4n) is 4.72. The van der Waals surface area contributed by atoms with E-state index in [-0.39, 0.29) is 18.3 Å². The molecule has 4 aromatic rings. The predicted octanol–water partition coefficient (Wildman–Crippen LogP) is 3.28. The van der Waals surface area contributed by atoms with E-state index in [1.165, 1.54) is 24.3 Å². The maximum Gasteiger partial charge on any atom is 0.272 e. The minimum atomic E-state index is -0.496. The van der Waals surface area contributed by atoms with Crippen molar-refractivity contribution >= 4 is 28.3 Å². The number of allylic oxidation sites excluding steroid dienone is 1. The standard InChI is InChI=1S/C25H21F2N5O2/c26-16-3-1-2-14(8-16)13-32-21-5-4-17(27)9-15(21)10-22(32)25(34)30-19-6-7-31-23-20(29-24(19)31)11-18(33)12-28-23/h1-6,8-10,18,28,33H,7,11-13H2,(H,30,34). The van der Waals surface area contributed by atoms with Crippen LogP contribution in [0.15, 0.2) is 54.6 Å². The Labute approximate surface area is 193 Å². The van der Waals surface area contributed by atoms with Crippen LogP contribution in [0.25, 0.3) is 16.6 Å². The molecule has 1 amide bonds. The molecule has 0 aliphatic carbocycles. The molecule has 0 saturated carbocycles. The number of hydrogen-bond donors (Lipinski definition) is 3. The van der Waals surface area contributed by atoms with Crippen molar-refractivity contribution in [3.8, 4) is 0 Å². The van der Waals surface area contributed by atoms with Gasteiger partial charge in [0.2, 0.25) is 0 Å². The van der Waals surface area contributed by atoms with Crippen LogP contribution in [0.2, 0.25) is 0 Å². The molecule has 0 saturated heterocycles. The lowest BCUT2D eigenvalue weighted by Gasteiger charge is -2.19. The lowest BCUT2D eigenvalue weighted by atomic mass is 10.1. The van der Waals surface area contributed by atoms with E-state index in [2.05, 4.69) is 15.6 Å². The molecule has 9 heteroatoms. The molecule has 2 aliphatic rings. The highest BCUT2D eigenvalue weighted by molar-refractivity contribution is 6.02. The van der Waals surface area contributed by atoms with Crippen molar-refractivity contribution in [1.82, 2.24) is 19.4 Å². The second kappa shape index (κ2) is 7.81. The summed E-state index contributed by atoms with van der Waals surface area (Å²) < 4.78 is 31.4. The summed E-state index contributed by atoms with van der Waals surface area (Å²) >= 11 is 0. The Balaban J connectivity index is 1.34. The van der Waals surface area contributed by atoms with Gasteiger partial charge in [0.05, 0.1) is 17.5 Å². The van der Waals surface area contributed by atoms with Crippen molar-refractivity contribution in [2.45, 2.75) is 25.6 Å². The van der Waals surface area contributed by atoms with Crippen LogP contribution >= 0.6 is 0 Å². The fraction of sp³-hybridized carbons (Fsp3) is 0.200. The summed E-state index contributed by atoms with van der Waals surface area (Å²) in [6.45, 7) is 1.25. The largest absolute Gasteiger partial charge is 0.391 e. The summed E-state index contributed by atoms with van der Waals surface area (Å²) in [6.07, 6.45) is 1.84. The van der Waals surface area contributed by atoms with Gasteiger partial charge < -0.3 is 24.9 Å². The van der Waals surface area contributed by atoms with Crippen molar-refractivity contribution in [2.75, 3.05) is 11.9 Å². The third kappa shape index (κ3) is 3.45. The highest BCUT2D eigenvalue weighted by Crippen LogP contribution is 2.31. The molecule has 1 atom stereocenters. The molecule has 0 spiro atoms. The van der Waals surface area contributed by atoms with Gasteiger partial charge in [0, 0.05) is 37.0 Å². The van der Waals surface area contributed by atoms with Crippen molar-refractivity contribution in [1.29, 1.82) is 0 Å². The van der Waals surface area contributed by atoms with Gasteiger partial charge in [-0.25, -0.2) is 13.8 Å². The molecule has 4 heterocycles. The van der Waals surface area contributed by atoms with Crippen molar-refractivity contribution in [3.05, 3.63) is 89.0 Å². The number of aliphatic hydroxyl groups excluding tert-OH is 1. The first kappa shape index (κ1) is 20.6. The van der Waals surface area contributed by atoms with E-state index in [1.54, 1.807) is 28.8 Å². The number of nitrogens with zero attached hydrogens (tertiary/aromatic N) is 3. The average molecular weight is 461 g/mol. The Morgan fingerprint density at radius 3 is 2.88 bits per heavy atom. The highest BCUT2D eigenvalue weighted by atomic mass is 19.1. The first-order valence-electron chi connectivity index (χ1n) is 11.0. The molecule has 34 heavy (non-hydrogen) atoms. The molecule has 0 radical (unpaired) electrons. The van der Waals surface area contributed by atoms with Crippen LogP contribution in [-0.4, -0.2) is 37.8 Å². The van der Waals surface area contributed by atoms with Crippen LogP contribution in [0.5, 0.6) is 0 Å². The molecule has 7 nitrogen and oxygen atoms in total. The summed E-state index contributed by atoms with van der Waals surface area (Å²) in [7, 11) is 0. The zero-order valence-corrected chi connectivity index (χ0v) is 18.1. The summed E-state index contributed by atoms with van der Waals surface area (Å²) in [5, 5.41) is 16.6. The first-order chi connectivity index (χ1) is 16.5. The predicted molar refractivity (Wildman–Crippen MR) is 123 cm³/mol. The number of β-amino-alcohol motifs (C(OH)–C–C–N with tert-alkyl or cyclic N) is 1. The third-order valence-electron chi connectivity index (χ3n) is 6.27. The normalized spacial score (nSPS) is 16.7. The van der Waals surface area contributed by atoms with E-state index in [0.717, 1.165) is 11.5 Å². The van der Waals surface area contributed by atoms with Crippen LogP contribution in [0.4, 0.5) is 14.6 Å². The van der Waals surface area contributed by atoms with Crippen molar-refractivity contribution < 1.29 is 18.7 Å². The van der Waals surface area contributed by atoms with Gasteiger partial charge in [-0.1, -0.05) is 12.1 Å². The maximum absolute atomic E-state index is 13.9. The van der Waals surface area contributed by atoms with Gasteiger partial charge in [0.15, 0.2) is 5.82 Å². The number of carbonyl (C=O) groups is 1. The minimum absolute atomic E-state index is 0.249. The number of hydrogen-bond acceptors (Lipinski definition) is 4. The molecule has 2 aliphatic heterocycles. The Hall–Kier alpha value is -3.98. The fourth-order valence-corrected chi connectivity index (χ4v) is 4.72. The van der Waals surface area contributed by atoms with E-state index in [9.17, 15) is 18.7 Å². The third-order valence-corrected chi connectivity index (χ3v) is 6.27. The minimum Gasteiger partial charge on any atom is -0.391 e. The Morgan fingerprint density at radius 1 is 1.18 bits per heavy atom. The molecule has 6 rings (SSSR count). The summed E-state index contributed by atoms with van der Waals surface area (Å²) in [5.74, 6) is 0.344. The molecule has 172 valence electrons. The number of nitrogens with one attached hydrogen (secondary N) is 2. The monoisotopic (exact) mass is 461 g/mol. The van der Waals surface area contributed by atoms with E-state index < -0.39 is 11.9 Å². The number of fused-ring (bicyclic) bond motifs is 4. The SMILES string of the molecule is O=C(NC1=CCn2c1nc1c2NCC(O)C1)c1cc2cc(F)ccc2n1Cc1cccc(F)c1. The van der Waals surface area contributed by atoms with Gasteiger partial charge in [-0.3, -0.25) is 4.79 Å². The summed E-state index contributed by atoms with van der Waals surface area (Å²) in [4.78, 5) is 18.0. The zero-order chi connectivity index (χ0) is 23.4. The van der Waals surface area contributed by atoms with Crippen LogP contribution < -0.4 is 10.6 Å². The Morgan fingerprint density at radius 2 is 2.03 bits per heavy atom. The van der Waals surface area contributed by atoms with Gasteiger partial charge in [0.25, 0.3) is 5.91 Å². The second-order valence-electron chi connectivity index (χ2n) is 8.60. The van der Waals surface area contributed by atoms with E-state index in [1.807, 2.05) is 10.6 Å². The lowest BCUT2D eigenvalue weighted by molar-refractivity contribution is 0.0965. The molecule has 2 aromatic carbocycles. The second-order valence-corrected chi connectivity index (χ2v) is 8.60. The number of imidazole rings is 1. The molecule has 3 N–H and O–H groups in total. The Bertz CT molecular complexity index is 1490. The first-order valence-corrected chi connectivity index (χ1v) is 11.0. The van der Waals surface area contributed by atoms with Gasteiger partial charge in [0.1, 0.15) is 23.1 Å². The van der Waals surface area contributed by atoms with Gasteiger partial charge >= 0.3 is 0 Å². The molecular formula is C25H21F2N5O2. The smallest absolute Gasteiger partial charge is 0.272 e. The molecule has 1 unspecified atom stereocenters. The number of amides is 1. The number of aliphatic hydroxyl groups is 1. The van der Waals surface area contributed by atoms with Crippen LogP contribution in [0.1, 0.15) is 27.6 Å². The molecule has 0 bridgehead atoms. The van der Waals surface area contributed by atoms with Crippen molar-refractivity contribution in [3.63, 3.8) is 0 Å². The average Bonchev–Trinajstić information content (AvgIpc) is 3.46. The van der Waals surface area contributed by atoms with Crippen molar-refractivity contribution in [2.24, 2.45) is 0 Å². The van der Waals surface area contributed by atoms with Crippen LogP contribution in [0.3, 0.4) is 0 Å². The molecular weight excluding hydrogens is 440 g/mol. The number of anilines is 1. The van der Waals surface area contributed by atoms with E-state index >= 15 is 0 Å². The summed E-state index contributed by atoms with van der Waals surface area (Å²) in [6, 6.07) is 12.1. The number of halogens is 2. The number of aromatic nitrogens is 3. The molecule has 2 aromatic heterocycles. The van der Waals surface area contributed by atoms with Gasteiger partial charge in [-0.15, -0.1) is 0 Å². The zero-order valence-electron chi connectivity index (χ0n) is 18.1. The van der Waals surface area contributed by atoms with E-state index in [0.29, 0.717) is 53.2 Å².